The number of hydrogen-bond acceptors (Lipinski definition) is 4. The summed E-state index contributed by atoms with van der Waals surface area (Å²) in [7, 11) is 0. The van der Waals surface area contributed by atoms with Gasteiger partial charge >= 0.3 is 0 Å². The van der Waals surface area contributed by atoms with Gasteiger partial charge in [0.25, 0.3) is 5.91 Å². The monoisotopic (exact) mass is 422 g/mol. The molecule has 0 spiro atoms. The summed E-state index contributed by atoms with van der Waals surface area (Å²) in [6.07, 6.45) is 7.60. The third-order valence-corrected chi connectivity index (χ3v) is 5.02. The van der Waals surface area contributed by atoms with Gasteiger partial charge < -0.3 is 10.6 Å². The van der Waals surface area contributed by atoms with Gasteiger partial charge in [-0.3, -0.25) is 4.79 Å². The summed E-state index contributed by atoms with van der Waals surface area (Å²) in [6.45, 7) is 2.91. The zero-order valence-corrected chi connectivity index (χ0v) is 18.0. The fourth-order valence-corrected chi connectivity index (χ4v) is 3.19. The van der Waals surface area contributed by atoms with E-state index in [2.05, 4.69) is 27.5 Å². The number of nitrogens with one attached hydrogen (secondary N) is 2. The van der Waals surface area contributed by atoms with E-state index in [1.807, 2.05) is 42.5 Å². The summed E-state index contributed by atoms with van der Waals surface area (Å²) in [6, 6.07) is 16.7. The summed E-state index contributed by atoms with van der Waals surface area (Å²) in [5, 5.41) is 6.85. The largest absolute Gasteiger partial charge is 0.352 e. The molecule has 0 aliphatic rings. The fraction of sp³-hybridized carbons (Fsp3) is 0.292. The van der Waals surface area contributed by atoms with Crippen molar-refractivity contribution in [2.45, 2.75) is 39.0 Å². The number of nitrogens with zero attached hydrogens (tertiary/aromatic N) is 2. The number of rotatable bonds is 10. The number of amides is 1. The molecule has 156 valence electrons. The van der Waals surface area contributed by atoms with E-state index in [9.17, 15) is 4.79 Å². The maximum absolute atomic E-state index is 12.3. The number of carbonyl (C=O) groups is 1. The van der Waals surface area contributed by atoms with Crippen molar-refractivity contribution in [1.82, 2.24) is 15.3 Å². The Morgan fingerprint density at radius 1 is 0.933 bits per heavy atom. The lowest BCUT2D eigenvalue weighted by Gasteiger charge is -2.08. The molecule has 3 aromatic rings. The smallest absolute Gasteiger partial charge is 0.251 e. The topological polar surface area (TPSA) is 66.9 Å². The first-order chi connectivity index (χ1) is 14.7. The van der Waals surface area contributed by atoms with Crippen LogP contribution in [0.5, 0.6) is 0 Å². The second-order valence-electron chi connectivity index (χ2n) is 7.14. The number of aromatic nitrogens is 2. The van der Waals surface area contributed by atoms with Crippen molar-refractivity contribution in [1.29, 1.82) is 0 Å². The lowest BCUT2D eigenvalue weighted by Crippen LogP contribution is -2.24. The SMILES string of the molecule is CCCCCCCNC(=O)c1ccc(Nc2nccc(-c3ccc(Cl)cc3)n2)cc1. The standard InChI is InChI=1S/C24H27ClN4O/c1-2-3-4-5-6-16-26-23(30)19-9-13-21(14-10-19)28-24-27-17-15-22(29-24)18-7-11-20(25)12-8-18/h7-15,17H,2-6,16H2,1H3,(H,26,30)(H,27,28,29). The van der Waals surface area contributed by atoms with Crippen LogP contribution < -0.4 is 10.6 Å². The maximum Gasteiger partial charge on any atom is 0.251 e. The average molecular weight is 423 g/mol. The second-order valence-corrected chi connectivity index (χ2v) is 7.58. The van der Waals surface area contributed by atoms with Gasteiger partial charge in [0.05, 0.1) is 5.69 Å². The third kappa shape index (κ3) is 6.56. The summed E-state index contributed by atoms with van der Waals surface area (Å²) in [4.78, 5) is 21.1. The van der Waals surface area contributed by atoms with Gasteiger partial charge in [-0.25, -0.2) is 9.97 Å². The van der Waals surface area contributed by atoms with Crippen LogP contribution in [0.4, 0.5) is 11.6 Å². The predicted octanol–water partition coefficient (Wildman–Crippen LogP) is 6.24. The molecule has 1 amide bonds. The number of carbonyl (C=O) groups excluding carboxylic acids is 1. The van der Waals surface area contributed by atoms with Gasteiger partial charge in [-0.1, -0.05) is 56.3 Å². The van der Waals surface area contributed by atoms with Crippen molar-refractivity contribution in [3.63, 3.8) is 0 Å². The Morgan fingerprint density at radius 2 is 1.67 bits per heavy atom. The number of unbranched alkanes of at least 4 members (excludes halogenated alkanes) is 4. The molecule has 0 fully saturated rings. The van der Waals surface area contributed by atoms with Crippen molar-refractivity contribution in [3.8, 4) is 11.3 Å². The first kappa shape index (κ1) is 21.8. The second kappa shape index (κ2) is 11.3. The molecule has 1 aromatic heterocycles. The van der Waals surface area contributed by atoms with E-state index < -0.39 is 0 Å². The van der Waals surface area contributed by atoms with E-state index in [-0.39, 0.29) is 5.91 Å². The molecule has 0 radical (unpaired) electrons. The first-order valence-corrected chi connectivity index (χ1v) is 10.8. The van der Waals surface area contributed by atoms with Crippen LogP contribution in [0, 0.1) is 0 Å². The average Bonchev–Trinajstić information content (AvgIpc) is 2.77. The summed E-state index contributed by atoms with van der Waals surface area (Å²) in [5.41, 5.74) is 3.23. The van der Waals surface area contributed by atoms with Gasteiger partial charge in [-0.2, -0.15) is 0 Å². The summed E-state index contributed by atoms with van der Waals surface area (Å²) >= 11 is 5.95. The zero-order valence-electron chi connectivity index (χ0n) is 17.2. The summed E-state index contributed by atoms with van der Waals surface area (Å²) < 4.78 is 0. The molecule has 0 aliphatic carbocycles. The van der Waals surface area contributed by atoms with Gasteiger partial charge in [0.1, 0.15) is 0 Å². The van der Waals surface area contributed by atoms with E-state index in [1.165, 1.54) is 19.3 Å². The Kier molecular flexibility index (Phi) is 8.21. The Labute approximate surface area is 182 Å². The van der Waals surface area contributed by atoms with Crippen LogP contribution in [0.1, 0.15) is 49.4 Å². The molecule has 30 heavy (non-hydrogen) atoms. The van der Waals surface area contributed by atoms with E-state index in [0.29, 0.717) is 23.1 Å². The van der Waals surface area contributed by atoms with Crippen molar-refractivity contribution >= 4 is 29.1 Å². The maximum atomic E-state index is 12.3. The highest BCUT2D eigenvalue weighted by atomic mass is 35.5. The quantitative estimate of drug-likeness (QED) is 0.379. The van der Waals surface area contributed by atoms with Crippen LogP contribution in [0.3, 0.4) is 0 Å². The Morgan fingerprint density at radius 3 is 2.40 bits per heavy atom. The zero-order chi connectivity index (χ0) is 21.2. The number of halogens is 1. The number of hydrogen-bond donors (Lipinski definition) is 2. The van der Waals surface area contributed by atoms with E-state index >= 15 is 0 Å². The van der Waals surface area contributed by atoms with Gasteiger partial charge in [0.2, 0.25) is 5.95 Å². The summed E-state index contributed by atoms with van der Waals surface area (Å²) in [5.74, 6) is 0.449. The molecular weight excluding hydrogens is 396 g/mol. The van der Waals surface area contributed by atoms with E-state index in [0.717, 1.165) is 29.8 Å². The highest BCUT2D eigenvalue weighted by Crippen LogP contribution is 2.21. The van der Waals surface area contributed by atoms with Crippen molar-refractivity contribution in [3.05, 3.63) is 71.4 Å². The minimum absolute atomic E-state index is 0.0435. The highest BCUT2D eigenvalue weighted by molar-refractivity contribution is 6.30. The minimum atomic E-state index is -0.0435. The number of anilines is 2. The van der Waals surface area contributed by atoms with Crippen molar-refractivity contribution in [2.24, 2.45) is 0 Å². The van der Waals surface area contributed by atoms with Crippen molar-refractivity contribution in [2.75, 3.05) is 11.9 Å². The molecule has 0 aliphatic heterocycles. The molecule has 2 aromatic carbocycles. The highest BCUT2D eigenvalue weighted by Gasteiger charge is 2.06. The van der Waals surface area contributed by atoms with Crippen LogP contribution in [0.15, 0.2) is 60.8 Å². The van der Waals surface area contributed by atoms with E-state index in [4.69, 9.17) is 11.6 Å². The van der Waals surface area contributed by atoms with Crippen LogP contribution >= 0.6 is 11.6 Å². The predicted molar refractivity (Wildman–Crippen MR) is 123 cm³/mol. The van der Waals surface area contributed by atoms with E-state index in [1.54, 1.807) is 18.3 Å². The van der Waals surface area contributed by atoms with Gasteiger partial charge in [0, 0.05) is 34.6 Å². The first-order valence-electron chi connectivity index (χ1n) is 10.4. The number of benzene rings is 2. The molecular formula is C24H27ClN4O. The van der Waals surface area contributed by atoms with Gasteiger partial charge in [-0.15, -0.1) is 0 Å². The molecule has 2 N–H and O–H groups in total. The molecule has 0 saturated heterocycles. The molecule has 6 heteroatoms. The van der Waals surface area contributed by atoms with Crippen molar-refractivity contribution < 1.29 is 4.79 Å². The third-order valence-electron chi connectivity index (χ3n) is 4.76. The molecule has 1 heterocycles. The molecule has 5 nitrogen and oxygen atoms in total. The lowest BCUT2D eigenvalue weighted by molar-refractivity contribution is 0.0953. The normalized spacial score (nSPS) is 10.6. The van der Waals surface area contributed by atoms with Crippen LogP contribution in [0.2, 0.25) is 5.02 Å². The molecule has 0 atom stereocenters. The van der Waals surface area contributed by atoms with Crippen LogP contribution in [-0.2, 0) is 0 Å². The Balaban J connectivity index is 1.55. The molecule has 3 rings (SSSR count). The van der Waals surface area contributed by atoms with Gasteiger partial charge in [-0.05, 0) is 48.9 Å². The minimum Gasteiger partial charge on any atom is -0.352 e. The molecule has 0 saturated carbocycles. The van der Waals surface area contributed by atoms with Crippen LogP contribution in [0.25, 0.3) is 11.3 Å². The Bertz CT molecular complexity index is 942. The molecule has 0 bridgehead atoms. The Hall–Kier alpha value is -2.92. The molecule has 0 unspecified atom stereocenters. The van der Waals surface area contributed by atoms with Crippen LogP contribution in [-0.4, -0.2) is 22.4 Å². The fourth-order valence-electron chi connectivity index (χ4n) is 3.07. The lowest BCUT2D eigenvalue weighted by atomic mass is 10.1. The van der Waals surface area contributed by atoms with Gasteiger partial charge in [0.15, 0.2) is 0 Å².